The highest BCUT2D eigenvalue weighted by atomic mass is 19.1. The summed E-state index contributed by atoms with van der Waals surface area (Å²) in [7, 11) is 3.00. The van der Waals surface area contributed by atoms with Crippen molar-refractivity contribution in [2.24, 2.45) is 0 Å². The van der Waals surface area contributed by atoms with Crippen molar-refractivity contribution in [1.82, 2.24) is 20.5 Å². The maximum absolute atomic E-state index is 13.0. The van der Waals surface area contributed by atoms with Crippen LogP contribution in [0.15, 0.2) is 48.5 Å². The zero-order valence-electron chi connectivity index (χ0n) is 21.7. The van der Waals surface area contributed by atoms with Gasteiger partial charge in [-0.05, 0) is 60.0 Å². The Hall–Kier alpha value is -4.74. The van der Waals surface area contributed by atoms with E-state index in [-0.39, 0.29) is 23.4 Å². The van der Waals surface area contributed by atoms with Crippen molar-refractivity contribution in [3.05, 3.63) is 65.4 Å². The number of H-pyrrole nitrogens is 1. The number of methoxy groups -OCH3 is 2. The summed E-state index contributed by atoms with van der Waals surface area (Å²) in [6.07, 6.45) is 0.698. The molecule has 206 valence electrons. The number of aromatic amines is 1. The zero-order valence-corrected chi connectivity index (χ0v) is 21.7. The molecule has 2 aromatic heterocycles. The molecule has 1 aliphatic heterocycles. The average molecular weight is 549 g/mol. The molecule has 2 aromatic carbocycles. The highest BCUT2D eigenvalue weighted by molar-refractivity contribution is 6.10. The van der Waals surface area contributed by atoms with Gasteiger partial charge >= 0.3 is 0 Å². The first-order chi connectivity index (χ1) is 19.4. The van der Waals surface area contributed by atoms with Gasteiger partial charge in [-0.25, -0.2) is 13.8 Å². The summed E-state index contributed by atoms with van der Waals surface area (Å²) in [6, 6.07) is 13.3. The van der Waals surface area contributed by atoms with Gasteiger partial charge in [0.05, 0.1) is 31.2 Å². The Morgan fingerprint density at radius 1 is 1.12 bits per heavy atom. The quantitative estimate of drug-likeness (QED) is 0.247. The van der Waals surface area contributed by atoms with E-state index in [1.54, 1.807) is 13.2 Å². The molecule has 0 unspecified atom stereocenters. The molecule has 1 fully saturated rings. The first-order valence-corrected chi connectivity index (χ1v) is 12.6. The molecule has 1 aliphatic carbocycles. The molecule has 6 rings (SSSR count). The molecule has 10 nitrogen and oxygen atoms in total. The summed E-state index contributed by atoms with van der Waals surface area (Å²) >= 11 is 0. The summed E-state index contributed by atoms with van der Waals surface area (Å²) in [6.45, 7) is -2.05. The number of aromatic nitrogens is 3. The van der Waals surface area contributed by atoms with E-state index < -0.39 is 30.7 Å². The third-order valence-electron chi connectivity index (χ3n) is 7.56. The predicted molar refractivity (Wildman–Crippen MR) is 144 cm³/mol. The molecule has 0 bridgehead atoms. The standard InChI is InChI=1S/C28H26F2N6O4/c1-39-16-4-6-20-18(10-16)28(27(38)34-20)11-19(28)14-3-5-17-23(9-14)35-36-24(17)32-22-8-7-21(33-26(22)40-2)25(37)31-15(12-29)13-30/h3-10,15,19H,11-13H2,1-2H3,(H,31,37)(H,34,38)(H2,32,35,36)/t19-,28-/m0/s1. The van der Waals surface area contributed by atoms with Gasteiger partial charge in [-0.15, -0.1) is 0 Å². The van der Waals surface area contributed by atoms with Crippen LogP contribution in [0.25, 0.3) is 10.9 Å². The number of benzene rings is 2. The number of pyridine rings is 1. The molecular formula is C28H26F2N6O4. The third-order valence-corrected chi connectivity index (χ3v) is 7.56. The van der Waals surface area contributed by atoms with E-state index in [1.807, 2.05) is 36.4 Å². The minimum Gasteiger partial charge on any atom is -0.497 e. The second kappa shape index (κ2) is 9.78. The SMILES string of the molecule is COc1ccc2c(c1)[C@]1(C[C@H]1c1ccc3c(Nc4ccc(C(=O)NC(CF)CF)nc4OC)n[nH]c3c1)C(=O)N2. The Morgan fingerprint density at radius 3 is 2.70 bits per heavy atom. The number of hydrogen-bond donors (Lipinski definition) is 4. The Morgan fingerprint density at radius 2 is 1.95 bits per heavy atom. The lowest BCUT2D eigenvalue weighted by atomic mass is 9.91. The third kappa shape index (κ3) is 4.07. The monoisotopic (exact) mass is 548 g/mol. The molecule has 4 aromatic rings. The van der Waals surface area contributed by atoms with Gasteiger partial charge in [-0.2, -0.15) is 5.10 Å². The number of carbonyl (C=O) groups excluding carboxylic acids is 2. The molecule has 1 saturated carbocycles. The van der Waals surface area contributed by atoms with Gasteiger partial charge in [-0.1, -0.05) is 6.07 Å². The largest absolute Gasteiger partial charge is 0.497 e. The first-order valence-electron chi connectivity index (χ1n) is 12.6. The minimum absolute atomic E-state index is 0.00514. The van der Waals surface area contributed by atoms with Crippen LogP contribution in [-0.4, -0.2) is 60.6 Å². The van der Waals surface area contributed by atoms with Gasteiger partial charge in [0, 0.05) is 17.0 Å². The van der Waals surface area contributed by atoms with Crippen LogP contribution in [0.2, 0.25) is 0 Å². The Bertz CT molecular complexity index is 1640. The highest BCUT2D eigenvalue weighted by Gasteiger charge is 2.65. The first kappa shape index (κ1) is 25.5. The number of hydrogen-bond acceptors (Lipinski definition) is 7. The van der Waals surface area contributed by atoms with E-state index in [4.69, 9.17) is 9.47 Å². The number of carbonyl (C=O) groups is 2. The summed E-state index contributed by atoms with van der Waals surface area (Å²) in [5.41, 5.74) is 3.35. The maximum atomic E-state index is 13.0. The van der Waals surface area contributed by atoms with Crippen molar-refractivity contribution in [1.29, 1.82) is 0 Å². The summed E-state index contributed by atoms with van der Waals surface area (Å²) in [4.78, 5) is 29.5. The van der Waals surface area contributed by atoms with Crippen LogP contribution < -0.4 is 25.4 Å². The van der Waals surface area contributed by atoms with Crippen LogP contribution >= 0.6 is 0 Å². The Labute approximate surface area is 227 Å². The van der Waals surface area contributed by atoms with Crippen LogP contribution in [0, 0.1) is 0 Å². The maximum Gasteiger partial charge on any atom is 0.270 e. The van der Waals surface area contributed by atoms with Crippen LogP contribution in [0.1, 0.15) is 34.0 Å². The molecule has 1 spiro atoms. The second-order valence-electron chi connectivity index (χ2n) is 9.83. The van der Waals surface area contributed by atoms with Crippen molar-refractivity contribution in [2.75, 3.05) is 38.2 Å². The van der Waals surface area contributed by atoms with Crippen LogP contribution in [-0.2, 0) is 10.2 Å². The number of fused-ring (bicyclic) bond motifs is 3. The van der Waals surface area contributed by atoms with Gasteiger partial charge in [-0.3, -0.25) is 14.7 Å². The zero-order chi connectivity index (χ0) is 28.0. The van der Waals surface area contributed by atoms with Crippen molar-refractivity contribution < 1.29 is 27.8 Å². The van der Waals surface area contributed by atoms with E-state index in [0.29, 0.717) is 23.7 Å². The molecule has 2 amide bonds. The lowest BCUT2D eigenvalue weighted by molar-refractivity contribution is -0.118. The predicted octanol–water partition coefficient (Wildman–Crippen LogP) is 4.13. The average Bonchev–Trinajstić information content (AvgIpc) is 3.53. The molecule has 0 radical (unpaired) electrons. The van der Waals surface area contributed by atoms with Crippen molar-refractivity contribution >= 4 is 39.9 Å². The molecule has 4 N–H and O–H groups in total. The smallest absolute Gasteiger partial charge is 0.270 e. The van der Waals surface area contributed by atoms with Crippen molar-refractivity contribution in [3.8, 4) is 11.6 Å². The lowest BCUT2D eigenvalue weighted by Gasteiger charge is -2.13. The fourth-order valence-corrected chi connectivity index (χ4v) is 5.37. The number of alkyl halides is 2. The van der Waals surface area contributed by atoms with Gasteiger partial charge < -0.3 is 25.4 Å². The van der Waals surface area contributed by atoms with Gasteiger partial charge in [0.25, 0.3) is 5.91 Å². The van der Waals surface area contributed by atoms with Gasteiger partial charge in [0.2, 0.25) is 11.8 Å². The molecule has 0 saturated heterocycles. The minimum atomic E-state index is -1.23. The van der Waals surface area contributed by atoms with Crippen LogP contribution in [0.5, 0.6) is 11.6 Å². The highest BCUT2D eigenvalue weighted by Crippen LogP contribution is 2.65. The van der Waals surface area contributed by atoms with Crippen molar-refractivity contribution in [2.45, 2.75) is 23.8 Å². The van der Waals surface area contributed by atoms with Crippen LogP contribution in [0.4, 0.5) is 26.0 Å². The second-order valence-corrected chi connectivity index (χ2v) is 9.83. The van der Waals surface area contributed by atoms with Crippen molar-refractivity contribution in [3.63, 3.8) is 0 Å². The number of rotatable bonds is 9. The Balaban J connectivity index is 1.23. The fraction of sp³-hybridized carbons (Fsp3) is 0.286. The van der Waals surface area contributed by atoms with E-state index in [2.05, 4.69) is 31.1 Å². The molecular weight excluding hydrogens is 522 g/mol. The van der Waals surface area contributed by atoms with E-state index >= 15 is 0 Å². The number of amides is 2. The molecule has 3 heterocycles. The lowest BCUT2D eigenvalue weighted by Crippen LogP contribution is -2.38. The number of nitrogens with zero attached hydrogens (tertiary/aromatic N) is 2. The summed E-state index contributed by atoms with van der Waals surface area (Å²) < 4.78 is 36.3. The molecule has 2 aliphatic rings. The molecule has 2 atom stereocenters. The Kier molecular flexibility index (Phi) is 6.24. The van der Waals surface area contributed by atoms with Gasteiger partial charge in [0.1, 0.15) is 30.5 Å². The molecule has 12 heteroatoms. The fourth-order valence-electron chi connectivity index (χ4n) is 5.37. The number of nitrogens with one attached hydrogen (secondary N) is 4. The summed E-state index contributed by atoms with van der Waals surface area (Å²) in [5.74, 6) is 0.628. The number of ether oxygens (including phenoxy) is 2. The van der Waals surface area contributed by atoms with Gasteiger partial charge in [0.15, 0.2) is 5.82 Å². The van der Waals surface area contributed by atoms with E-state index in [9.17, 15) is 18.4 Å². The number of anilines is 3. The normalized spacial score (nSPS) is 19.0. The van der Waals surface area contributed by atoms with Crippen LogP contribution in [0.3, 0.4) is 0 Å². The van der Waals surface area contributed by atoms with E-state index in [1.165, 1.54) is 13.2 Å². The summed E-state index contributed by atoms with van der Waals surface area (Å²) in [5, 5.41) is 16.6. The molecule has 40 heavy (non-hydrogen) atoms. The topological polar surface area (TPSA) is 130 Å². The van der Waals surface area contributed by atoms with E-state index in [0.717, 1.165) is 27.7 Å². The number of halogens is 2.